The van der Waals surface area contributed by atoms with Crippen LogP contribution in [0.25, 0.3) is 22.6 Å². The standard InChI is InChI=1S/C23H20F2N6O4/c24-13-8-4-7-12(14(13)25)20-29-21(27-9-11-5-2-1-3-6-11)15-22(30-20)31(10-28-15)23-17(33)16(32)18(35-23)19(26)34/h1-8,10,16-18,23,32-33H,9H2,(H2,26,34)(H,27,29,30)/t16-,17+,18-,23+/m0/s1. The van der Waals surface area contributed by atoms with E-state index in [1.54, 1.807) is 0 Å². The van der Waals surface area contributed by atoms with Crippen LogP contribution in [-0.4, -0.2) is 54.0 Å². The number of fused-ring (bicyclic) bond motifs is 1. The molecule has 3 heterocycles. The van der Waals surface area contributed by atoms with Crippen LogP contribution in [-0.2, 0) is 16.1 Å². The van der Waals surface area contributed by atoms with Crippen molar-refractivity contribution < 1.29 is 28.5 Å². The Morgan fingerprint density at radius 2 is 1.86 bits per heavy atom. The highest BCUT2D eigenvalue weighted by Crippen LogP contribution is 2.34. The fraction of sp³-hybridized carbons (Fsp3) is 0.217. The van der Waals surface area contributed by atoms with Crippen LogP contribution in [0.4, 0.5) is 14.6 Å². The summed E-state index contributed by atoms with van der Waals surface area (Å²) in [4.78, 5) is 24.6. The number of rotatable bonds is 6. The number of hydrogen-bond acceptors (Lipinski definition) is 8. The van der Waals surface area contributed by atoms with Crippen LogP contribution in [0.1, 0.15) is 11.8 Å². The number of carbonyl (C=O) groups is 1. The Kier molecular flexibility index (Phi) is 5.84. The molecule has 1 fully saturated rings. The van der Waals surface area contributed by atoms with Crippen molar-refractivity contribution >= 4 is 22.9 Å². The second-order valence-electron chi connectivity index (χ2n) is 7.99. The minimum Gasteiger partial charge on any atom is -0.387 e. The molecule has 2 aromatic carbocycles. The number of ether oxygens (including phenoxy) is 1. The molecule has 5 rings (SSSR count). The van der Waals surface area contributed by atoms with Crippen LogP contribution in [0.15, 0.2) is 54.9 Å². The molecule has 0 unspecified atom stereocenters. The molecule has 1 aliphatic heterocycles. The number of aliphatic hydroxyl groups excluding tert-OH is 2. The number of nitrogens with zero attached hydrogens (tertiary/aromatic N) is 4. The molecule has 2 aromatic heterocycles. The third-order valence-electron chi connectivity index (χ3n) is 5.71. The van der Waals surface area contributed by atoms with Crippen LogP contribution in [0.5, 0.6) is 0 Å². The lowest BCUT2D eigenvalue weighted by molar-refractivity contribution is -0.134. The number of hydrogen-bond donors (Lipinski definition) is 4. The zero-order chi connectivity index (χ0) is 24.7. The van der Waals surface area contributed by atoms with Crippen molar-refractivity contribution in [3.05, 3.63) is 72.1 Å². The molecule has 180 valence electrons. The fourth-order valence-electron chi connectivity index (χ4n) is 3.93. The smallest absolute Gasteiger partial charge is 0.249 e. The monoisotopic (exact) mass is 482 g/mol. The highest BCUT2D eigenvalue weighted by atomic mass is 19.2. The Labute approximate surface area is 197 Å². The Morgan fingerprint density at radius 3 is 2.57 bits per heavy atom. The minimum atomic E-state index is -1.58. The number of nitrogens with two attached hydrogens (primary N) is 1. The molecule has 35 heavy (non-hydrogen) atoms. The Hall–Kier alpha value is -4.00. The second-order valence-corrected chi connectivity index (χ2v) is 7.99. The van der Waals surface area contributed by atoms with Gasteiger partial charge in [-0.25, -0.2) is 23.7 Å². The number of anilines is 1. The predicted octanol–water partition coefficient (Wildman–Crippen LogP) is 1.49. The van der Waals surface area contributed by atoms with E-state index in [9.17, 15) is 23.8 Å². The van der Waals surface area contributed by atoms with E-state index in [4.69, 9.17) is 10.5 Å². The molecule has 4 atom stereocenters. The van der Waals surface area contributed by atoms with E-state index in [1.807, 2.05) is 30.3 Å². The first-order valence-corrected chi connectivity index (χ1v) is 10.6. The minimum absolute atomic E-state index is 0.0931. The van der Waals surface area contributed by atoms with Gasteiger partial charge in [-0.15, -0.1) is 0 Å². The summed E-state index contributed by atoms with van der Waals surface area (Å²) in [5.74, 6) is -3.08. The highest BCUT2D eigenvalue weighted by Gasteiger charge is 2.47. The van der Waals surface area contributed by atoms with Gasteiger partial charge in [0.25, 0.3) is 0 Å². The first kappa shape index (κ1) is 22.8. The van der Waals surface area contributed by atoms with Gasteiger partial charge < -0.3 is 26.0 Å². The van der Waals surface area contributed by atoms with E-state index in [-0.39, 0.29) is 28.4 Å². The second kappa shape index (κ2) is 8.98. The predicted molar refractivity (Wildman–Crippen MR) is 120 cm³/mol. The van der Waals surface area contributed by atoms with Gasteiger partial charge in [-0.3, -0.25) is 9.36 Å². The fourth-order valence-corrected chi connectivity index (χ4v) is 3.93. The molecule has 5 N–H and O–H groups in total. The van der Waals surface area contributed by atoms with E-state index in [2.05, 4.69) is 20.3 Å². The zero-order valence-electron chi connectivity index (χ0n) is 18.0. The SMILES string of the molecule is NC(=O)[C@H]1O[C@@H](n2cnc3c(NCc4ccccc4)nc(-c4cccc(F)c4F)nc32)[C@H](O)[C@@H]1O. The van der Waals surface area contributed by atoms with Gasteiger partial charge in [0.05, 0.1) is 11.9 Å². The third-order valence-corrected chi connectivity index (χ3v) is 5.71. The molecule has 0 radical (unpaired) electrons. The average Bonchev–Trinajstić information content (AvgIpc) is 3.40. The van der Waals surface area contributed by atoms with Crippen LogP contribution in [0.2, 0.25) is 0 Å². The van der Waals surface area contributed by atoms with Gasteiger partial charge in [-0.2, -0.15) is 0 Å². The summed E-state index contributed by atoms with van der Waals surface area (Å²) < 4.78 is 35.3. The largest absolute Gasteiger partial charge is 0.387 e. The van der Waals surface area contributed by atoms with Crippen molar-refractivity contribution in [2.75, 3.05) is 5.32 Å². The Bertz CT molecular complexity index is 1400. The van der Waals surface area contributed by atoms with Crippen molar-refractivity contribution in [1.82, 2.24) is 19.5 Å². The summed E-state index contributed by atoms with van der Waals surface area (Å²) in [5, 5.41) is 23.8. The maximum Gasteiger partial charge on any atom is 0.249 e. The summed E-state index contributed by atoms with van der Waals surface area (Å²) in [7, 11) is 0. The van der Waals surface area contributed by atoms with Gasteiger partial charge in [-0.05, 0) is 17.7 Å². The number of imidazole rings is 1. The number of aromatic nitrogens is 4. The van der Waals surface area contributed by atoms with Crippen LogP contribution < -0.4 is 11.1 Å². The molecular formula is C23H20F2N6O4. The summed E-state index contributed by atoms with van der Waals surface area (Å²) in [6, 6.07) is 13.0. The van der Waals surface area contributed by atoms with Crippen molar-refractivity contribution in [3.8, 4) is 11.4 Å². The van der Waals surface area contributed by atoms with Gasteiger partial charge in [0.1, 0.15) is 12.2 Å². The molecular weight excluding hydrogens is 462 g/mol. The van der Waals surface area contributed by atoms with Crippen molar-refractivity contribution in [2.45, 2.75) is 31.1 Å². The summed E-state index contributed by atoms with van der Waals surface area (Å²) in [6.07, 6.45) is -4.55. The normalized spacial score (nSPS) is 21.9. The van der Waals surface area contributed by atoms with Gasteiger partial charge in [0.2, 0.25) is 5.91 Å². The number of carbonyl (C=O) groups excluding carboxylic acids is 1. The first-order valence-electron chi connectivity index (χ1n) is 10.6. The number of primary amides is 1. The lowest BCUT2D eigenvalue weighted by Gasteiger charge is -2.17. The van der Waals surface area contributed by atoms with Gasteiger partial charge >= 0.3 is 0 Å². The maximum absolute atomic E-state index is 14.6. The molecule has 0 bridgehead atoms. The van der Waals surface area contributed by atoms with Crippen LogP contribution in [0.3, 0.4) is 0 Å². The molecule has 1 aliphatic rings. The van der Waals surface area contributed by atoms with E-state index in [0.29, 0.717) is 6.54 Å². The number of nitrogens with one attached hydrogen (secondary N) is 1. The number of aliphatic hydroxyl groups is 2. The number of amides is 1. The van der Waals surface area contributed by atoms with Gasteiger partial charge in [0.15, 0.2) is 46.8 Å². The summed E-state index contributed by atoms with van der Waals surface area (Å²) in [6.45, 7) is 0.343. The van der Waals surface area contributed by atoms with Crippen LogP contribution in [0, 0.1) is 11.6 Å². The summed E-state index contributed by atoms with van der Waals surface area (Å²) >= 11 is 0. The maximum atomic E-state index is 14.6. The molecule has 0 aliphatic carbocycles. The van der Waals surface area contributed by atoms with Crippen molar-refractivity contribution in [3.63, 3.8) is 0 Å². The molecule has 0 spiro atoms. The van der Waals surface area contributed by atoms with Crippen LogP contribution >= 0.6 is 0 Å². The molecule has 1 amide bonds. The highest BCUT2D eigenvalue weighted by molar-refractivity contribution is 5.85. The van der Waals surface area contributed by atoms with E-state index in [1.165, 1.54) is 23.0 Å². The molecule has 4 aromatic rings. The quantitative estimate of drug-likeness (QED) is 0.323. The van der Waals surface area contributed by atoms with Gasteiger partial charge in [0, 0.05) is 6.54 Å². The van der Waals surface area contributed by atoms with E-state index in [0.717, 1.165) is 11.6 Å². The van der Waals surface area contributed by atoms with E-state index >= 15 is 0 Å². The first-order chi connectivity index (χ1) is 16.8. The van der Waals surface area contributed by atoms with Crippen molar-refractivity contribution in [1.29, 1.82) is 0 Å². The molecule has 10 nitrogen and oxygen atoms in total. The topological polar surface area (TPSA) is 148 Å². The zero-order valence-corrected chi connectivity index (χ0v) is 18.0. The van der Waals surface area contributed by atoms with Crippen molar-refractivity contribution in [2.24, 2.45) is 5.73 Å². The lowest BCUT2D eigenvalue weighted by atomic mass is 10.1. The average molecular weight is 482 g/mol. The molecule has 12 heteroatoms. The van der Waals surface area contributed by atoms with E-state index < -0.39 is 42.1 Å². The Balaban J connectivity index is 1.62. The summed E-state index contributed by atoms with van der Waals surface area (Å²) in [5.41, 5.74) is 6.33. The van der Waals surface area contributed by atoms with Gasteiger partial charge in [-0.1, -0.05) is 36.4 Å². The number of benzene rings is 2. The lowest BCUT2D eigenvalue weighted by Crippen LogP contribution is -2.39. The third kappa shape index (κ3) is 4.07. The molecule has 1 saturated heterocycles. The molecule has 0 saturated carbocycles. The number of halogens is 2. The Morgan fingerprint density at radius 1 is 1.09 bits per heavy atom.